The van der Waals surface area contributed by atoms with E-state index in [0.29, 0.717) is 27.9 Å². The molecule has 130 valence electrons. The lowest BCUT2D eigenvalue weighted by molar-refractivity contribution is 0.0993. The van der Waals surface area contributed by atoms with Gasteiger partial charge in [-0.3, -0.25) is 19.3 Å². The van der Waals surface area contributed by atoms with Gasteiger partial charge in [0, 0.05) is 29.0 Å². The lowest BCUT2D eigenvalue weighted by Crippen LogP contribution is -2.16. The van der Waals surface area contributed by atoms with Crippen LogP contribution >= 0.6 is 11.3 Å². The number of fused-ring (bicyclic) bond motifs is 1. The zero-order chi connectivity index (χ0) is 18.3. The maximum Gasteiger partial charge on any atom is 0.274 e. The topological polar surface area (TPSA) is 118 Å². The molecule has 0 fully saturated rings. The number of aromatic nitrogens is 4. The predicted molar refractivity (Wildman–Crippen MR) is 98.3 cm³/mol. The Morgan fingerprint density at radius 1 is 1.35 bits per heavy atom. The zero-order valence-corrected chi connectivity index (χ0v) is 14.5. The van der Waals surface area contributed by atoms with Gasteiger partial charge in [0.25, 0.3) is 11.8 Å². The van der Waals surface area contributed by atoms with Crippen molar-refractivity contribution in [3.63, 3.8) is 0 Å². The molecule has 0 aliphatic heterocycles. The Kier molecular flexibility index (Phi) is 3.77. The number of carbonyl (C=O) groups excluding carboxylic acids is 2. The van der Waals surface area contributed by atoms with Crippen molar-refractivity contribution in [3.05, 3.63) is 59.1 Å². The van der Waals surface area contributed by atoms with Gasteiger partial charge in [0.1, 0.15) is 17.0 Å². The number of aryl methyl sites for hydroxylation is 1. The Hall–Kier alpha value is -3.46. The van der Waals surface area contributed by atoms with Crippen LogP contribution in [-0.2, 0) is 0 Å². The van der Waals surface area contributed by atoms with E-state index >= 15 is 0 Å². The summed E-state index contributed by atoms with van der Waals surface area (Å²) in [7, 11) is 0. The fourth-order valence-corrected chi connectivity index (χ4v) is 3.39. The smallest absolute Gasteiger partial charge is 0.274 e. The summed E-state index contributed by atoms with van der Waals surface area (Å²) in [5.41, 5.74) is 8.97. The fraction of sp³-hybridized carbons (Fsp3) is 0.0588. The molecule has 4 N–H and O–H groups in total. The first kappa shape index (κ1) is 16.0. The van der Waals surface area contributed by atoms with Gasteiger partial charge >= 0.3 is 0 Å². The first-order chi connectivity index (χ1) is 12.5. The summed E-state index contributed by atoms with van der Waals surface area (Å²) in [6.45, 7) is 1.89. The second-order valence-corrected chi connectivity index (χ2v) is 6.52. The van der Waals surface area contributed by atoms with E-state index in [2.05, 4.69) is 20.3 Å². The summed E-state index contributed by atoms with van der Waals surface area (Å²) < 4.78 is 1.79. The lowest BCUT2D eigenvalue weighted by Gasteiger charge is -2.06. The third-order valence-electron chi connectivity index (χ3n) is 3.91. The van der Waals surface area contributed by atoms with E-state index in [0.717, 1.165) is 11.3 Å². The molecule has 0 saturated heterocycles. The van der Waals surface area contributed by atoms with Crippen LogP contribution in [0.1, 0.15) is 26.7 Å². The Balaban J connectivity index is 1.59. The van der Waals surface area contributed by atoms with Crippen LogP contribution in [0.3, 0.4) is 0 Å². The highest BCUT2D eigenvalue weighted by Gasteiger charge is 2.15. The molecule has 0 aliphatic rings. The molecule has 0 unspecified atom stereocenters. The second-order valence-electron chi connectivity index (χ2n) is 5.66. The minimum Gasteiger partial charge on any atom is -0.364 e. The zero-order valence-electron chi connectivity index (χ0n) is 13.7. The van der Waals surface area contributed by atoms with Crippen LogP contribution in [0.4, 0.5) is 5.13 Å². The maximum absolute atomic E-state index is 12.7. The van der Waals surface area contributed by atoms with E-state index in [1.165, 1.54) is 11.3 Å². The van der Waals surface area contributed by atoms with E-state index in [1.54, 1.807) is 40.4 Å². The van der Waals surface area contributed by atoms with Gasteiger partial charge in [-0.25, -0.2) is 9.97 Å². The highest BCUT2D eigenvalue weighted by Crippen LogP contribution is 2.26. The van der Waals surface area contributed by atoms with Gasteiger partial charge in [0.05, 0.1) is 5.69 Å². The maximum atomic E-state index is 12.7. The summed E-state index contributed by atoms with van der Waals surface area (Å²) in [5.74, 6) is -0.812. The molecule has 0 aromatic carbocycles. The molecular formula is C17H14N6O2S. The average molecular weight is 366 g/mol. The highest BCUT2D eigenvalue weighted by molar-refractivity contribution is 7.14. The largest absolute Gasteiger partial charge is 0.364 e. The Labute approximate surface area is 151 Å². The minimum absolute atomic E-state index is 0.274. The molecule has 9 heteroatoms. The second kappa shape index (κ2) is 6.12. The van der Waals surface area contributed by atoms with Crippen molar-refractivity contribution in [2.24, 2.45) is 5.73 Å². The van der Waals surface area contributed by atoms with Gasteiger partial charge in [-0.05, 0) is 25.1 Å². The van der Waals surface area contributed by atoms with Gasteiger partial charge in [-0.1, -0.05) is 6.07 Å². The van der Waals surface area contributed by atoms with Crippen molar-refractivity contribution in [2.75, 3.05) is 5.32 Å². The van der Waals surface area contributed by atoms with Crippen molar-refractivity contribution < 1.29 is 9.59 Å². The number of H-pyrrole nitrogens is 1. The van der Waals surface area contributed by atoms with Crippen LogP contribution < -0.4 is 11.1 Å². The molecule has 4 heterocycles. The van der Waals surface area contributed by atoms with Crippen LogP contribution in [0, 0.1) is 6.92 Å². The molecule has 8 nitrogen and oxygen atoms in total. The summed E-state index contributed by atoms with van der Waals surface area (Å²) in [5, 5.41) is 5.06. The first-order valence-electron chi connectivity index (χ1n) is 7.71. The lowest BCUT2D eigenvalue weighted by atomic mass is 10.2. The fourth-order valence-electron chi connectivity index (χ4n) is 2.67. The Bertz CT molecular complexity index is 1140. The number of carbonyl (C=O) groups is 2. The number of nitrogens with zero attached hydrogens (tertiary/aromatic N) is 3. The number of hydrogen-bond donors (Lipinski definition) is 3. The predicted octanol–water partition coefficient (Wildman–Crippen LogP) is 2.45. The molecule has 4 aromatic heterocycles. The SMILES string of the molecule is Cc1cnc2cccc(C(=O)Nc3nc(-c4c[nH]c(C(N)=O)c4)cs3)n12. The summed E-state index contributed by atoms with van der Waals surface area (Å²) in [4.78, 5) is 35.3. The molecule has 0 radical (unpaired) electrons. The van der Waals surface area contributed by atoms with E-state index < -0.39 is 5.91 Å². The number of amides is 2. The molecule has 0 spiro atoms. The van der Waals surface area contributed by atoms with Crippen LogP contribution in [-0.4, -0.2) is 31.2 Å². The quantitative estimate of drug-likeness (QED) is 0.514. The van der Waals surface area contributed by atoms with Gasteiger partial charge in [0.2, 0.25) is 0 Å². The number of primary amides is 1. The molecule has 26 heavy (non-hydrogen) atoms. The molecule has 0 bridgehead atoms. The molecular weight excluding hydrogens is 352 g/mol. The van der Waals surface area contributed by atoms with E-state index in [4.69, 9.17) is 5.73 Å². The molecule has 2 amide bonds. The van der Waals surface area contributed by atoms with Crippen molar-refractivity contribution >= 4 is 33.9 Å². The van der Waals surface area contributed by atoms with Crippen molar-refractivity contribution in [1.82, 2.24) is 19.4 Å². The molecule has 0 atom stereocenters. The first-order valence-corrected chi connectivity index (χ1v) is 8.59. The number of imidazole rings is 1. The number of aromatic amines is 1. The van der Waals surface area contributed by atoms with E-state index in [9.17, 15) is 9.59 Å². The van der Waals surface area contributed by atoms with Gasteiger partial charge < -0.3 is 10.7 Å². The monoisotopic (exact) mass is 366 g/mol. The number of rotatable bonds is 4. The number of thiazole rings is 1. The van der Waals surface area contributed by atoms with E-state index in [-0.39, 0.29) is 5.91 Å². The summed E-state index contributed by atoms with van der Waals surface area (Å²) in [6.07, 6.45) is 3.37. The summed E-state index contributed by atoms with van der Waals surface area (Å²) >= 11 is 1.30. The summed E-state index contributed by atoms with van der Waals surface area (Å²) in [6, 6.07) is 6.98. The third kappa shape index (κ3) is 2.74. The van der Waals surface area contributed by atoms with E-state index in [1.807, 2.05) is 13.0 Å². The molecule has 4 aromatic rings. The van der Waals surface area contributed by atoms with Gasteiger partial charge in [-0.2, -0.15) is 0 Å². The Morgan fingerprint density at radius 2 is 2.19 bits per heavy atom. The van der Waals surface area contributed by atoms with Crippen molar-refractivity contribution in [1.29, 1.82) is 0 Å². The van der Waals surface area contributed by atoms with Gasteiger partial charge in [0.15, 0.2) is 5.13 Å². The normalized spacial score (nSPS) is 11.0. The third-order valence-corrected chi connectivity index (χ3v) is 4.66. The van der Waals surface area contributed by atoms with Crippen LogP contribution in [0.5, 0.6) is 0 Å². The van der Waals surface area contributed by atoms with Crippen molar-refractivity contribution in [2.45, 2.75) is 6.92 Å². The minimum atomic E-state index is -0.538. The molecule has 0 saturated carbocycles. The van der Waals surface area contributed by atoms with Crippen LogP contribution in [0.15, 0.2) is 42.0 Å². The number of hydrogen-bond acceptors (Lipinski definition) is 5. The molecule has 0 aliphatic carbocycles. The average Bonchev–Trinajstić information content (AvgIpc) is 3.34. The van der Waals surface area contributed by atoms with Gasteiger partial charge in [-0.15, -0.1) is 11.3 Å². The van der Waals surface area contributed by atoms with Crippen molar-refractivity contribution in [3.8, 4) is 11.3 Å². The molecule has 4 rings (SSSR count). The standard InChI is InChI=1S/C17H14N6O2S/c1-9-6-20-14-4-2-3-13(23(9)14)16(25)22-17-21-12(8-26-17)10-5-11(15(18)24)19-7-10/h2-8,19H,1H3,(H2,18,24)(H,21,22,25). The number of pyridine rings is 1. The Morgan fingerprint density at radius 3 is 2.96 bits per heavy atom. The highest BCUT2D eigenvalue weighted by atomic mass is 32.1. The number of anilines is 1. The number of nitrogens with two attached hydrogens (primary N) is 1. The van der Waals surface area contributed by atoms with Crippen LogP contribution in [0.25, 0.3) is 16.9 Å². The number of nitrogens with one attached hydrogen (secondary N) is 2. The van der Waals surface area contributed by atoms with Crippen LogP contribution in [0.2, 0.25) is 0 Å².